The first-order valence-electron chi connectivity index (χ1n) is 7.84. The maximum atomic E-state index is 4.79. The fourth-order valence-corrected chi connectivity index (χ4v) is 4.24. The third-order valence-corrected chi connectivity index (χ3v) is 5.94. The molecular weight excluding hydrogens is 427 g/mol. The van der Waals surface area contributed by atoms with Gasteiger partial charge in [0.1, 0.15) is 0 Å². The highest BCUT2D eigenvalue weighted by molar-refractivity contribution is 14.0. The van der Waals surface area contributed by atoms with Gasteiger partial charge in [0.05, 0.1) is 17.2 Å². The molecule has 0 aromatic carbocycles. The van der Waals surface area contributed by atoms with Crippen LogP contribution < -0.4 is 5.32 Å². The summed E-state index contributed by atoms with van der Waals surface area (Å²) in [6, 6.07) is 0. The second-order valence-electron chi connectivity index (χ2n) is 5.10. The number of thiazole rings is 1. The van der Waals surface area contributed by atoms with Crippen LogP contribution in [-0.2, 0) is 13.0 Å². The Bertz CT molecular complexity index is 464. The van der Waals surface area contributed by atoms with Crippen LogP contribution >= 0.6 is 47.1 Å². The first-order chi connectivity index (χ1) is 10.3. The summed E-state index contributed by atoms with van der Waals surface area (Å²) in [5.74, 6) is 2.24. The van der Waals surface area contributed by atoms with Crippen molar-refractivity contribution in [2.75, 3.05) is 25.4 Å². The van der Waals surface area contributed by atoms with Gasteiger partial charge in [-0.05, 0) is 19.8 Å². The molecule has 0 aliphatic carbocycles. The molecule has 0 bridgehead atoms. The topological polar surface area (TPSA) is 40.5 Å². The monoisotopic (exact) mass is 454 g/mol. The summed E-state index contributed by atoms with van der Waals surface area (Å²) in [5.41, 5.74) is 1.09. The molecule has 1 aliphatic rings. The molecule has 2 rings (SSSR count). The minimum absolute atomic E-state index is 0. The Morgan fingerprint density at radius 1 is 1.45 bits per heavy atom. The van der Waals surface area contributed by atoms with Gasteiger partial charge in [0, 0.05) is 36.0 Å². The van der Waals surface area contributed by atoms with E-state index in [1.165, 1.54) is 17.2 Å². The van der Waals surface area contributed by atoms with Crippen LogP contribution in [-0.4, -0.2) is 46.5 Å². The molecule has 7 heteroatoms. The molecular formula is C15H27IN4S2. The molecule has 126 valence electrons. The number of halogens is 1. The van der Waals surface area contributed by atoms with Crippen molar-refractivity contribution >= 4 is 53.0 Å². The lowest BCUT2D eigenvalue weighted by Crippen LogP contribution is -2.48. The molecule has 1 saturated heterocycles. The summed E-state index contributed by atoms with van der Waals surface area (Å²) in [4.78, 5) is 11.8. The molecule has 0 amide bonds. The Kier molecular flexibility index (Phi) is 9.74. The van der Waals surface area contributed by atoms with Crippen LogP contribution in [0.5, 0.6) is 0 Å². The van der Waals surface area contributed by atoms with Gasteiger partial charge >= 0.3 is 0 Å². The zero-order chi connectivity index (χ0) is 15.1. The summed E-state index contributed by atoms with van der Waals surface area (Å²) in [6.07, 6.45) is 2.24. The van der Waals surface area contributed by atoms with Gasteiger partial charge in [-0.25, -0.2) is 9.98 Å². The molecule has 0 saturated carbocycles. The number of hydrogen-bond donors (Lipinski definition) is 1. The Balaban J connectivity index is 0.00000242. The number of aromatic nitrogens is 1. The number of rotatable bonds is 5. The van der Waals surface area contributed by atoms with Gasteiger partial charge < -0.3 is 10.2 Å². The zero-order valence-electron chi connectivity index (χ0n) is 13.7. The summed E-state index contributed by atoms with van der Waals surface area (Å²) in [5, 5.41) is 7.49. The molecule has 1 atom stereocenters. The molecule has 1 aromatic heterocycles. The Labute approximate surface area is 159 Å². The molecule has 2 heterocycles. The van der Waals surface area contributed by atoms with Crippen molar-refractivity contribution in [1.29, 1.82) is 0 Å². The Morgan fingerprint density at radius 3 is 2.91 bits per heavy atom. The maximum Gasteiger partial charge on any atom is 0.194 e. The van der Waals surface area contributed by atoms with Gasteiger partial charge in [-0.1, -0.05) is 13.8 Å². The molecule has 1 fully saturated rings. The van der Waals surface area contributed by atoms with Gasteiger partial charge in [0.25, 0.3) is 0 Å². The highest BCUT2D eigenvalue weighted by atomic mass is 127. The zero-order valence-corrected chi connectivity index (χ0v) is 17.6. The van der Waals surface area contributed by atoms with Crippen LogP contribution in [0.15, 0.2) is 10.4 Å². The number of thioether (sulfide) groups is 1. The number of nitrogens with zero attached hydrogens (tertiary/aromatic N) is 3. The van der Waals surface area contributed by atoms with Crippen LogP contribution in [0.1, 0.15) is 37.9 Å². The van der Waals surface area contributed by atoms with E-state index in [1.807, 2.05) is 0 Å². The minimum atomic E-state index is 0. The van der Waals surface area contributed by atoms with Crippen LogP contribution in [0.3, 0.4) is 0 Å². The molecule has 4 nitrogen and oxygen atoms in total. The van der Waals surface area contributed by atoms with E-state index < -0.39 is 0 Å². The summed E-state index contributed by atoms with van der Waals surface area (Å²) < 4.78 is 0. The van der Waals surface area contributed by atoms with Crippen LogP contribution in [0.4, 0.5) is 0 Å². The van der Waals surface area contributed by atoms with Crippen LogP contribution in [0.2, 0.25) is 0 Å². The maximum absolute atomic E-state index is 4.79. The quantitative estimate of drug-likeness (QED) is 0.419. The van der Waals surface area contributed by atoms with Crippen molar-refractivity contribution in [3.63, 3.8) is 0 Å². The van der Waals surface area contributed by atoms with E-state index in [0.29, 0.717) is 6.54 Å². The van der Waals surface area contributed by atoms with E-state index in [0.717, 1.165) is 43.0 Å². The van der Waals surface area contributed by atoms with Crippen LogP contribution in [0, 0.1) is 0 Å². The standard InChI is InChI=1S/C15H26N4S2.HI/c1-4-13-10-19(7-8-20-13)15(16-6-3)17-9-12-11-21-14(5-2)18-12;/h11,13H,4-10H2,1-3H3,(H,16,17);1H. The van der Waals surface area contributed by atoms with E-state index >= 15 is 0 Å². The molecule has 0 spiro atoms. The number of guanidine groups is 1. The second kappa shape index (κ2) is 10.7. The highest BCUT2D eigenvalue weighted by Crippen LogP contribution is 2.21. The fraction of sp³-hybridized carbons (Fsp3) is 0.733. The first-order valence-corrected chi connectivity index (χ1v) is 9.77. The van der Waals surface area contributed by atoms with Crippen LogP contribution in [0.25, 0.3) is 0 Å². The number of nitrogens with one attached hydrogen (secondary N) is 1. The van der Waals surface area contributed by atoms with E-state index in [2.05, 4.69) is 53.1 Å². The van der Waals surface area contributed by atoms with Gasteiger partial charge in [-0.15, -0.1) is 35.3 Å². The van der Waals surface area contributed by atoms with E-state index in [4.69, 9.17) is 4.99 Å². The second-order valence-corrected chi connectivity index (χ2v) is 7.45. The predicted octanol–water partition coefficient (Wildman–Crippen LogP) is 3.62. The first kappa shape index (κ1) is 20.0. The van der Waals surface area contributed by atoms with E-state index in [-0.39, 0.29) is 24.0 Å². The smallest absolute Gasteiger partial charge is 0.194 e. The van der Waals surface area contributed by atoms with Gasteiger partial charge in [-0.2, -0.15) is 11.8 Å². The molecule has 1 unspecified atom stereocenters. The molecule has 0 radical (unpaired) electrons. The van der Waals surface area contributed by atoms with Crippen molar-refractivity contribution in [1.82, 2.24) is 15.2 Å². The lowest BCUT2D eigenvalue weighted by Gasteiger charge is -2.34. The number of aliphatic imine (C=N–C) groups is 1. The minimum Gasteiger partial charge on any atom is -0.357 e. The molecule has 1 N–H and O–H groups in total. The lowest BCUT2D eigenvalue weighted by molar-refractivity contribution is 0.408. The van der Waals surface area contributed by atoms with Crippen molar-refractivity contribution in [3.05, 3.63) is 16.1 Å². The number of aryl methyl sites for hydroxylation is 1. The van der Waals surface area contributed by atoms with Crippen molar-refractivity contribution < 1.29 is 0 Å². The van der Waals surface area contributed by atoms with E-state index in [9.17, 15) is 0 Å². The summed E-state index contributed by atoms with van der Waals surface area (Å²) in [6.45, 7) is 10.3. The molecule has 1 aliphatic heterocycles. The Morgan fingerprint density at radius 2 is 2.27 bits per heavy atom. The summed E-state index contributed by atoms with van der Waals surface area (Å²) in [7, 11) is 0. The van der Waals surface area contributed by atoms with Crippen molar-refractivity contribution in [2.24, 2.45) is 4.99 Å². The number of hydrogen-bond acceptors (Lipinski definition) is 4. The molecule has 1 aromatic rings. The largest absolute Gasteiger partial charge is 0.357 e. The predicted molar refractivity (Wildman–Crippen MR) is 110 cm³/mol. The fourth-order valence-electron chi connectivity index (χ4n) is 2.32. The van der Waals surface area contributed by atoms with Gasteiger partial charge in [0.15, 0.2) is 5.96 Å². The average Bonchev–Trinajstić information content (AvgIpc) is 2.99. The average molecular weight is 454 g/mol. The van der Waals surface area contributed by atoms with Gasteiger partial charge in [-0.3, -0.25) is 0 Å². The summed E-state index contributed by atoms with van der Waals surface area (Å²) >= 11 is 3.82. The SMILES string of the molecule is CCNC(=NCc1csc(CC)n1)N1CCSC(CC)C1.I. The third kappa shape index (κ3) is 5.88. The van der Waals surface area contributed by atoms with Gasteiger partial charge in [0.2, 0.25) is 0 Å². The lowest BCUT2D eigenvalue weighted by atomic mass is 10.3. The van der Waals surface area contributed by atoms with E-state index in [1.54, 1.807) is 11.3 Å². The molecule has 22 heavy (non-hydrogen) atoms. The third-order valence-electron chi connectivity index (χ3n) is 3.52. The highest BCUT2D eigenvalue weighted by Gasteiger charge is 2.21. The normalized spacial score (nSPS) is 19.0. The van der Waals surface area contributed by atoms with Crippen molar-refractivity contribution in [2.45, 2.75) is 45.4 Å². The Hall–Kier alpha value is -0.0200. The van der Waals surface area contributed by atoms with Crippen molar-refractivity contribution in [3.8, 4) is 0 Å².